The number of halogens is 1. The Hall–Kier alpha value is -3.29. The Morgan fingerprint density at radius 3 is 2.62 bits per heavy atom. The van der Waals surface area contributed by atoms with Crippen molar-refractivity contribution < 1.29 is 14.3 Å². The van der Waals surface area contributed by atoms with E-state index in [2.05, 4.69) is 5.32 Å². The number of carbonyl (C=O) groups excluding carboxylic acids is 2. The normalized spacial score (nSPS) is 17.0. The minimum atomic E-state index is -0.599. The summed E-state index contributed by atoms with van der Waals surface area (Å²) in [6.07, 6.45) is 0.0764. The number of anilines is 1. The van der Waals surface area contributed by atoms with Crippen molar-refractivity contribution in [2.45, 2.75) is 25.1 Å². The van der Waals surface area contributed by atoms with Crippen LogP contribution in [0.1, 0.15) is 17.5 Å². The number of aryl methyl sites for hydroxylation is 1. The number of nitrogens with one attached hydrogen (secondary N) is 1. The third kappa shape index (κ3) is 5.98. The van der Waals surface area contributed by atoms with E-state index in [9.17, 15) is 9.59 Å². The molecule has 34 heavy (non-hydrogen) atoms. The fourth-order valence-corrected chi connectivity index (χ4v) is 4.79. The zero-order valence-corrected chi connectivity index (χ0v) is 20.4. The molecule has 2 amide bonds. The summed E-state index contributed by atoms with van der Waals surface area (Å²) in [5.74, 6) is 0.343. The predicted octanol–water partition coefficient (Wildman–Crippen LogP) is 5.82. The first-order valence-electron chi connectivity index (χ1n) is 10.7. The third-order valence-electron chi connectivity index (χ3n) is 5.25. The van der Waals surface area contributed by atoms with Crippen molar-refractivity contribution in [3.8, 4) is 5.75 Å². The van der Waals surface area contributed by atoms with Crippen LogP contribution in [-0.2, 0) is 16.1 Å². The van der Waals surface area contributed by atoms with E-state index in [0.29, 0.717) is 28.1 Å². The Bertz CT molecular complexity index is 1230. The largest absolute Gasteiger partial charge is 0.497 e. The van der Waals surface area contributed by atoms with Crippen LogP contribution in [0.4, 0.5) is 11.4 Å². The molecular weight excluding hydrogens is 470 g/mol. The lowest BCUT2D eigenvalue weighted by molar-refractivity contribution is -0.129. The molecule has 0 spiro atoms. The van der Waals surface area contributed by atoms with Crippen LogP contribution in [0.3, 0.4) is 0 Å². The Morgan fingerprint density at radius 1 is 1.15 bits per heavy atom. The molecule has 1 saturated heterocycles. The molecule has 0 radical (unpaired) electrons. The maximum atomic E-state index is 13.2. The monoisotopic (exact) mass is 493 g/mol. The molecule has 1 unspecified atom stereocenters. The van der Waals surface area contributed by atoms with E-state index in [4.69, 9.17) is 21.3 Å². The highest BCUT2D eigenvalue weighted by Crippen LogP contribution is 2.32. The fraction of sp³-hybridized carbons (Fsp3) is 0.192. The number of amides is 2. The Labute approximate surface area is 208 Å². The van der Waals surface area contributed by atoms with Gasteiger partial charge in [0.05, 0.1) is 19.3 Å². The van der Waals surface area contributed by atoms with E-state index in [1.807, 2.05) is 61.5 Å². The van der Waals surface area contributed by atoms with Gasteiger partial charge in [-0.1, -0.05) is 53.7 Å². The maximum Gasteiger partial charge on any atom is 0.238 e. The number of benzene rings is 3. The van der Waals surface area contributed by atoms with Crippen LogP contribution < -0.4 is 10.1 Å². The molecule has 8 heteroatoms. The van der Waals surface area contributed by atoms with Crippen molar-refractivity contribution in [2.24, 2.45) is 4.99 Å². The Morgan fingerprint density at radius 2 is 1.91 bits per heavy atom. The smallest absolute Gasteiger partial charge is 0.238 e. The van der Waals surface area contributed by atoms with Crippen LogP contribution in [0.5, 0.6) is 5.75 Å². The molecule has 0 aliphatic carbocycles. The summed E-state index contributed by atoms with van der Waals surface area (Å²) in [6.45, 7) is 2.29. The molecule has 1 N–H and O–H groups in total. The van der Waals surface area contributed by atoms with Crippen molar-refractivity contribution in [3.05, 3.63) is 88.9 Å². The third-order valence-corrected chi connectivity index (χ3v) is 6.67. The van der Waals surface area contributed by atoms with Crippen molar-refractivity contribution in [3.63, 3.8) is 0 Å². The summed E-state index contributed by atoms with van der Waals surface area (Å²) in [5, 5.41) is 3.33. The van der Waals surface area contributed by atoms with Gasteiger partial charge < -0.3 is 10.1 Å². The summed E-state index contributed by atoms with van der Waals surface area (Å²) >= 11 is 7.41. The molecule has 3 aromatic carbocycles. The van der Waals surface area contributed by atoms with E-state index in [1.54, 1.807) is 30.2 Å². The molecule has 3 aromatic rings. The van der Waals surface area contributed by atoms with Crippen LogP contribution in [0.25, 0.3) is 0 Å². The van der Waals surface area contributed by atoms with Crippen LogP contribution in [-0.4, -0.2) is 34.2 Å². The van der Waals surface area contributed by atoms with Crippen molar-refractivity contribution in [1.82, 2.24) is 4.90 Å². The van der Waals surface area contributed by atoms with Gasteiger partial charge >= 0.3 is 0 Å². The van der Waals surface area contributed by atoms with E-state index in [1.165, 1.54) is 11.8 Å². The second kappa shape index (κ2) is 10.8. The molecule has 1 atom stereocenters. The van der Waals surface area contributed by atoms with Crippen LogP contribution >= 0.6 is 23.4 Å². The molecule has 6 nitrogen and oxygen atoms in total. The second-order valence-electron chi connectivity index (χ2n) is 7.87. The average Bonchev–Trinajstić information content (AvgIpc) is 2.81. The number of carbonyl (C=O) groups is 2. The topological polar surface area (TPSA) is 71.0 Å². The standard InChI is InChI=1S/C26H24ClN3O3S/c1-17-5-3-7-20(13-17)28-25(32)23-15-24(31)30(16-18-9-11-22(33-2)12-10-18)26(34-23)29-21-8-4-6-19(27)14-21/h3-14,23H,15-16H2,1-2H3,(H,28,32). The molecule has 1 heterocycles. The lowest BCUT2D eigenvalue weighted by Crippen LogP contribution is -2.44. The quantitative estimate of drug-likeness (QED) is 0.470. The first-order valence-corrected chi connectivity index (χ1v) is 12.0. The number of aliphatic imine (C=N–C) groups is 1. The average molecular weight is 494 g/mol. The predicted molar refractivity (Wildman–Crippen MR) is 138 cm³/mol. The van der Waals surface area contributed by atoms with Crippen molar-refractivity contribution >= 4 is 51.7 Å². The van der Waals surface area contributed by atoms with Gasteiger partial charge in [0.25, 0.3) is 0 Å². The number of rotatable bonds is 6. The zero-order valence-electron chi connectivity index (χ0n) is 18.8. The number of nitrogens with zero attached hydrogens (tertiary/aromatic N) is 2. The summed E-state index contributed by atoms with van der Waals surface area (Å²) in [7, 11) is 1.61. The van der Waals surface area contributed by atoms with Gasteiger partial charge in [-0.15, -0.1) is 0 Å². The van der Waals surface area contributed by atoms with Crippen LogP contribution in [0.15, 0.2) is 77.8 Å². The molecule has 0 aromatic heterocycles. The lowest BCUT2D eigenvalue weighted by Gasteiger charge is -2.32. The van der Waals surface area contributed by atoms with Crippen LogP contribution in [0.2, 0.25) is 5.02 Å². The van der Waals surface area contributed by atoms with Gasteiger partial charge in [0.2, 0.25) is 11.8 Å². The number of thioether (sulfide) groups is 1. The SMILES string of the molecule is COc1ccc(CN2C(=O)CC(C(=O)Nc3cccc(C)c3)SC2=Nc2cccc(Cl)c2)cc1. The second-order valence-corrected chi connectivity index (χ2v) is 9.48. The molecule has 0 bridgehead atoms. The Balaban J connectivity index is 1.60. The summed E-state index contributed by atoms with van der Waals surface area (Å²) < 4.78 is 5.22. The molecule has 1 fully saturated rings. The van der Waals surface area contributed by atoms with Crippen LogP contribution in [0, 0.1) is 6.92 Å². The summed E-state index contributed by atoms with van der Waals surface area (Å²) in [6, 6.07) is 22.2. The number of hydrogen-bond donors (Lipinski definition) is 1. The highest BCUT2D eigenvalue weighted by molar-refractivity contribution is 8.15. The van der Waals surface area contributed by atoms with E-state index in [-0.39, 0.29) is 18.2 Å². The molecular formula is C26H24ClN3O3S. The Kier molecular flexibility index (Phi) is 7.55. The fourth-order valence-electron chi connectivity index (χ4n) is 3.51. The van der Waals surface area contributed by atoms with Gasteiger partial charge in [-0.3, -0.25) is 14.5 Å². The molecule has 4 rings (SSSR count). The number of hydrogen-bond acceptors (Lipinski definition) is 5. The van der Waals surface area contributed by atoms with Crippen molar-refractivity contribution in [1.29, 1.82) is 0 Å². The van der Waals surface area contributed by atoms with Gasteiger partial charge in [0.15, 0.2) is 5.17 Å². The number of ether oxygens (including phenoxy) is 1. The summed E-state index contributed by atoms with van der Waals surface area (Å²) in [4.78, 5) is 32.5. The first kappa shape index (κ1) is 23.9. The van der Waals surface area contributed by atoms with Gasteiger partial charge in [-0.25, -0.2) is 4.99 Å². The van der Waals surface area contributed by atoms with Gasteiger partial charge in [0, 0.05) is 17.1 Å². The lowest BCUT2D eigenvalue weighted by atomic mass is 10.1. The minimum Gasteiger partial charge on any atom is -0.497 e. The highest BCUT2D eigenvalue weighted by Gasteiger charge is 2.36. The van der Waals surface area contributed by atoms with Crippen molar-refractivity contribution in [2.75, 3.05) is 12.4 Å². The molecule has 1 aliphatic heterocycles. The highest BCUT2D eigenvalue weighted by atomic mass is 35.5. The van der Waals surface area contributed by atoms with Gasteiger partial charge in [-0.05, 0) is 60.5 Å². The number of methoxy groups -OCH3 is 1. The van der Waals surface area contributed by atoms with E-state index >= 15 is 0 Å². The van der Waals surface area contributed by atoms with E-state index in [0.717, 1.165) is 16.9 Å². The van der Waals surface area contributed by atoms with Gasteiger partial charge in [-0.2, -0.15) is 0 Å². The number of amidine groups is 1. The first-order chi connectivity index (χ1) is 16.4. The molecule has 0 saturated carbocycles. The van der Waals surface area contributed by atoms with E-state index < -0.39 is 5.25 Å². The minimum absolute atomic E-state index is 0.0764. The summed E-state index contributed by atoms with van der Waals surface area (Å²) in [5.41, 5.74) is 3.28. The maximum absolute atomic E-state index is 13.2. The molecule has 1 aliphatic rings. The van der Waals surface area contributed by atoms with Gasteiger partial charge in [0.1, 0.15) is 11.0 Å². The molecule has 174 valence electrons. The zero-order chi connectivity index (χ0) is 24.1.